The maximum atomic E-state index is 13.0. The number of nitrogens with zero attached hydrogens (tertiary/aromatic N) is 2. The zero-order valence-electron chi connectivity index (χ0n) is 15.7. The van der Waals surface area contributed by atoms with Crippen LogP contribution in [0.25, 0.3) is 0 Å². The molecule has 0 spiro atoms. The number of aliphatic hydroxyl groups is 1. The zero-order valence-corrected chi connectivity index (χ0v) is 18.1. The summed E-state index contributed by atoms with van der Waals surface area (Å²) in [5.74, 6) is 0.824. The first-order valence-electron chi connectivity index (χ1n) is 9.23. The van der Waals surface area contributed by atoms with Crippen molar-refractivity contribution >= 4 is 29.9 Å². The van der Waals surface area contributed by atoms with Crippen molar-refractivity contribution in [1.82, 2.24) is 15.5 Å². The van der Waals surface area contributed by atoms with Gasteiger partial charge in [0.1, 0.15) is 5.82 Å². The molecular formula is C19H32FIN4O. The van der Waals surface area contributed by atoms with Crippen LogP contribution in [0.4, 0.5) is 4.39 Å². The van der Waals surface area contributed by atoms with Gasteiger partial charge in [-0.15, -0.1) is 24.0 Å². The molecule has 1 heterocycles. The Balaban J connectivity index is 0.00000338. The molecule has 0 bridgehead atoms. The Labute approximate surface area is 173 Å². The smallest absolute Gasteiger partial charge is 0.191 e. The minimum atomic E-state index is -0.183. The molecule has 148 valence electrons. The number of hydrogen-bond donors (Lipinski definition) is 3. The second kappa shape index (κ2) is 12.5. The predicted molar refractivity (Wildman–Crippen MR) is 115 cm³/mol. The fourth-order valence-corrected chi connectivity index (χ4v) is 2.90. The number of aliphatic imine (C=N–C) groups is 1. The number of hydrogen-bond acceptors (Lipinski definition) is 3. The predicted octanol–water partition coefficient (Wildman–Crippen LogP) is 2.59. The maximum absolute atomic E-state index is 13.0. The summed E-state index contributed by atoms with van der Waals surface area (Å²) >= 11 is 0. The fourth-order valence-electron chi connectivity index (χ4n) is 2.90. The number of benzene rings is 1. The van der Waals surface area contributed by atoms with Crippen molar-refractivity contribution in [3.8, 4) is 0 Å². The van der Waals surface area contributed by atoms with E-state index in [0.29, 0.717) is 12.6 Å². The number of nitrogens with one attached hydrogen (secondary N) is 2. The van der Waals surface area contributed by atoms with Crippen LogP contribution in [-0.4, -0.2) is 54.8 Å². The van der Waals surface area contributed by atoms with Gasteiger partial charge in [-0.25, -0.2) is 4.39 Å². The summed E-state index contributed by atoms with van der Waals surface area (Å²) in [6.45, 7) is 8.54. The van der Waals surface area contributed by atoms with Crippen molar-refractivity contribution in [2.45, 2.75) is 39.3 Å². The third kappa shape index (κ3) is 8.18. The molecule has 5 nitrogen and oxygen atoms in total. The van der Waals surface area contributed by atoms with Gasteiger partial charge in [-0.05, 0) is 43.4 Å². The van der Waals surface area contributed by atoms with Crippen molar-refractivity contribution < 1.29 is 9.50 Å². The molecule has 0 amide bonds. The van der Waals surface area contributed by atoms with Crippen LogP contribution in [-0.2, 0) is 6.54 Å². The Morgan fingerprint density at radius 2 is 1.96 bits per heavy atom. The number of guanidine groups is 1. The van der Waals surface area contributed by atoms with E-state index in [1.54, 1.807) is 0 Å². The van der Waals surface area contributed by atoms with E-state index in [9.17, 15) is 4.39 Å². The molecule has 1 aliphatic heterocycles. The lowest BCUT2D eigenvalue weighted by molar-refractivity contribution is 0.198. The Kier molecular flexibility index (Phi) is 11.1. The van der Waals surface area contributed by atoms with Gasteiger partial charge in [-0.3, -0.25) is 9.89 Å². The van der Waals surface area contributed by atoms with Crippen LogP contribution in [0.15, 0.2) is 29.3 Å². The molecule has 2 rings (SSSR count). The highest BCUT2D eigenvalue weighted by atomic mass is 127. The van der Waals surface area contributed by atoms with E-state index in [1.807, 2.05) is 19.1 Å². The minimum Gasteiger partial charge on any atom is -0.396 e. The normalized spacial score (nSPS) is 17.5. The van der Waals surface area contributed by atoms with E-state index >= 15 is 0 Å². The highest BCUT2D eigenvalue weighted by Gasteiger charge is 2.20. The monoisotopic (exact) mass is 478 g/mol. The topological polar surface area (TPSA) is 59.9 Å². The summed E-state index contributed by atoms with van der Waals surface area (Å²) in [4.78, 5) is 6.96. The average Bonchev–Trinajstić information content (AvgIpc) is 2.63. The molecule has 1 saturated heterocycles. The molecular weight excluding hydrogens is 446 g/mol. The van der Waals surface area contributed by atoms with Crippen LogP contribution in [0.2, 0.25) is 0 Å². The van der Waals surface area contributed by atoms with E-state index in [2.05, 4.69) is 27.4 Å². The van der Waals surface area contributed by atoms with Gasteiger partial charge in [0.15, 0.2) is 5.96 Å². The highest BCUT2D eigenvalue weighted by Crippen LogP contribution is 2.14. The molecule has 0 saturated carbocycles. The second-order valence-electron chi connectivity index (χ2n) is 6.83. The van der Waals surface area contributed by atoms with Gasteiger partial charge in [0, 0.05) is 45.4 Å². The van der Waals surface area contributed by atoms with Gasteiger partial charge >= 0.3 is 0 Å². The quantitative estimate of drug-likeness (QED) is 0.321. The maximum Gasteiger partial charge on any atom is 0.191 e. The van der Waals surface area contributed by atoms with Gasteiger partial charge in [-0.2, -0.15) is 0 Å². The van der Waals surface area contributed by atoms with Crippen molar-refractivity contribution in [2.24, 2.45) is 10.9 Å². The molecule has 1 aliphatic rings. The summed E-state index contributed by atoms with van der Waals surface area (Å²) in [6, 6.07) is 7.18. The van der Waals surface area contributed by atoms with Crippen molar-refractivity contribution in [1.29, 1.82) is 0 Å². The van der Waals surface area contributed by atoms with Crippen LogP contribution in [0, 0.1) is 11.7 Å². The Morgan fingerprint density at radius 1 is 1.31 bits per heavy atom. The highest BCUT2D eigenvalue weighted by molar-refractivity contribution is 14.0. The molecule has 1 aromatic carbocycles. The molecule has 1 fully saturated rings. The summed E-state index contributed by atoms with van der Waals surface area (Å²) < 4.78 is 13.0. The number of rotatable bonds is 7. The molecule has 26 heavy (non-hydrogen) atoms. The number of aliphatic hydroxyl groups excluding tert-OH is 1. The average molecular weight is 478 g/mol. The van der Waals surface area contributed by atoms with Crippen molar-refractivity contribution in [3.63, 3.8) is 0 Å². The molecule has 7 heteroatoms. The van der Waals surface area contributed by atoms with Crippen LogP contribution >= 0.6 is 24.0 Å². The second-order valence-corrected chi connectivity index (χ2v) is 6.83. The molecule has 1 unspecified atom stereocenters. The van der Waals surface area contributed by atoms with E-state index in [1.165, 1.54) is 12.1 Å². The first-order chi connectivity index (χ1) is 12.1. The summed E-state index contributed by atoms with van der Waals surface area (Å²) in [7, 11) is 0. The van der Waals surface area contributed by atoms with Crippen LogP contribution in [0.3, 0.4) is 0 Å². The number of halogens is 2. The first kappa shape index (κ1) is 23.1. The van der Waals surface area contributed by atoms with Gasteiger partial charge in [0.25, 0.3) is 0 Å². The molecule has 0 aliphatic carbocycles. The van der Waals surface area contributed by atoms with Gasteiger partial charge in [-0.1, -0.05) is 19.1 Å². The lowest BCUT2D eigenvalue weighted by atomic mass is 10.0. The van der Waals surface area contributed by atoms with Crippen LogP contribution in [0.1, 0.15) is 32.3 Å². The first-order valence-corrected chi connectivity index (χ1v) is 9.23. The molecule has 1 atom stereocenters. The minimum absolute atomic E-state index is 0. The zero-order chi connectivity index (χ0) is 18.1. The van der Waals surface area contributed by atoms with E-state index in [4.69, 9.17) is 5.11 Å². The summed E-state index contributed by atoms with van der Waals surface area (Å²) in [5.41, 5.74) is 1.15. The largest absolute Gasteiger partial charge is 0.396 e. The summed E-state index contributed by atoms with van der Waals surface area (Å²) in [5, 5.41) is 15.9. The Bertz CT molecular complexity index is 533. The molecule has 1 aromatic rings. The van der Waals surface area contributed by atoms with Crippen molar-refractivity contribution in [3.05, 3.63) is 35.6 Å². The van der Waals surface area contributed by atoms with Crippen LogP contribution in [0.5, 0.6) is 0 Å². The van der Waals surface area contributed by atoms with E-state index in [-0.39, 0.29) is 42.3 Å². The Hall–Kier alpha value is -0.930. The standard InChI is InChI=1S/C19H31FN4O.HI/c1-3-21-19(22-12-15(2)14-25)23-18-8-10-24(11-9-18)13-16-4-6-17(20)7-5-16;/h4-7,15,18,25H,3,8-14H2,1-2H3,(H2,21,22,23);1H. The third-order valence-electron chi connectivity index (χ3n) is 4.46. The van der Waals surface area contributed by atoms with Gasteiger partial charge < -0.3 is 15.7 Å². The van der Waals surface area contributed by atoms with E-state index < -0.39 is 0 Å². The molecule has 0 radical (unpaired) electrons. The Morgan fingerprint density at radius 3 is 2.54 bits per heavy atom. The van der Waals surface area contributed by atoms with Gasteiger partial charge in [0.2, 0.25) is 0 Å². The van der Waals surface area contributed by atoms with Crippen LogP contribution < -0.4 is 10.6 Å². The third-order valence-corrected chi connectivity index (χ3v) is 4.46. The number of likely N-dealkylation sites (tertiary alicyclic amines) is 1. The summed E-state index contributed by atoms with van der Waals surface area (Å²) in [6.07, 6.45) is 2.11. The van der Waals surface area contributed by atoms with Crippen molar-refractivity contribution in [2.75, 3.05) is 32.8 Å². The number of piperidine rings is 1. The fraction of sp³-hybridized carbons (Fsp3) is 0.632. The lowest BCUT2D eigenvalue weighted by Gasteiger charge is -2.33. The molecule has 3 N–H and O–H groups in total. The SMILES string of the molecule is CCNC(=NCC(C)CO)NC1CCN(Cc2ccc(F)cc2)CC1.I. The molecule has 0 aromatic heterocycles. The van der Waals surface area contributed by atoms with E-state index in [0.717, 1.165) is 50.5 Å². The van der Waals surface area contributed by atoms with Gasteiger partial charge in [0.05, 0.1) is 0 Å². The lowest BCUT2D eigenvalue weighted by Crippen LogP contribution is -2.48.